The number of aliphatic hydroxyl groups is 2. The second kappa shape index (κ2) is 18.2. The van der Waals surface area contributed by atoms with E-state index in [0.29, 0.717) is 37.4 Å². The number of imidazole rings is 1. The molecule has 1 saturated heterocycles. The molecule has 6 atom stereocenters. The topological polar surface area (TPSA) is 195 Å². The number of rotatable bonds is 16. The predicted molar refractivity (Wildman–Crippen MR) is 191 cm³/mol. The van der Waals surface area contributed by atoms with Crippen LogP contribution in [0.1, 0.15) is 96.2 Å². The Morgan fingerprint density at radius 3 is 2.25 bits per heavy atom. The number of hydrogen-bond acceptors (Lipinski definition) is 10. The molecule has 3 fully saturated rings. The molecule has 1 aliphatic heterocycles. The van der Waals surface area contributed by atoms with Gasteiger partial charge in [-0.15, -0.1) is 5.06 Å². The first kappa shape index (κ1) is 39.2. The summed E-state index contributed by atoms with van der Waals surface area (Å²) in [6.07, 6.45) is 8.78. The zero-order valence-electron chi connectivity index (χ0n) is 30.6. The zero-order valence-corrected chi connectivity index (χ0v) is 30.6. The number of hydroxylamine groups is 2. The van der Waals surface area contributed by atoms with Crippen molar-refractivity contribution < 1.29 is 39.0 Å². The number of carbonyl (C=O) groups is 4. The number of carbonyl (C=O) groups excluding carboxylic acids is 4. The van der Waals surface area contributed by atoms with Gasteiger partial charge in [-0.2, -0.15) is 0 Å². The lowest BCUT2D eigenvalue weighted by Crippen LogP contribution is -2.59. The Bertz CT molecular complexity index is 1460. The molecule has 1 aromatic heterocycles. The van der Waals surface area contributed by atoms with Gasteiger partial charge in [0, 0.05) is 25.6 Å². The first-order valence-electron chi connectivity index (χ1n) is 18.8. The van der Waals surface area contributed by atoms with E-state index in [-0.39, 0.29) is 18.8 Å². The summed E-state index contributed by atoms with van der Waals surface area (Å²) in [5, 5.41) is 32.2. The smallest absolute Gasteiger partial charge is 0.427 e. The molecule has 1 aromatic carbocycles. The SMILES string of the molecule is CC(C)(C)OC(=O)ON1CCC[C@@H]1C(=O)N[C@@H](Cc1ccccc1)C(=O)N[C@@H](Cc1c[nH]cn1)C(=O)N[C@@H](CC1CCCCC1)[C@@H](O)[C@@H](O)C1CC1. The first-order chi connectivity index (χ1) is 24.9. The lowest BCUT2D eigenvalue weighted by Gasteiger charge is -2.33. The fraction of sp³-hybridized carbons (Fsp3) is 0.658. The van der Waals surface area contributed by atoms with Gasteiger partial charge in [0.25, 0.3) is 0 Å². The molecule has 5 rings (SSSR count). The molecule has 14 nitrogen and oxygen atoms in total. The Labute approximate surface area is 305 Å². The predicted octanol–water partition coefficient (Wildman–Crippen LogP) is 3.08. The number of aromatic nitrogens is 2. The van der Waals surface area contributed by atoms with Gasteiger partial charge in [0.2, 0.25) is 17.7 Å². The van der Waals surface area contributed by atoms with Crippen LogP contribution in [-0.2, 0) is 36.8 Å². The highest BCUT2D eigenvalue weighted by molar-refractivity contribution is 5.93. The minimum atomic E-state index is -1.15. The molecular weight excluding hydrogens is 668 g/mol. The highest BCUT2D eigenvalue weighted by Crippen LogP contribution is 2.36. The van der Waals surface area contributed by atoms with Crippen LogP contribution in [0.5, 0.6) is 0 Å². The van der Waals surface area contributed by atoms with Crippen LogP contribution in [-0.4, -0.2) is 97.6 Å². The van der Waals surface area contributed by atoms with Crippen LogP contribution in [0.3, 0.4) is 0 Å². The molecule has 2 aliphatic carbocycles. The van der Waals surface area contributed by atoms with E-state index >= 15 is 0 Å². The Kier molecular flexibility index (Phi) is 13.7. The maximum absolute atomic E-state index is 14.2. The van der Waals surface area contributed by atoms with Crippen molar-refractivity contribution >= 4 is 23.9 Å². The molecule has 3 amide bonds. The number of aliphatic hydroxyl groups excluding tert-OH is 2. The minimum Gasteiger partial charge on any atom is -0.427 e. The highest BCUT2D eigenvalue weighted by Gasteiger charge is 2.41. The quantitative estimate of drug-likeness (QED) is 0.140. The zero-order chi connectivity index (χ0) is 37.3. The molecule has 6 N–H and O–H groups in total. The van der Waals surface area contributed by atoms with Crippen LogP contribution >= 0.6 is 0 Å². The Hall–Kier alpha value is -4.01. The van der Waals surface area contributed by atoms with E-state index < -0.39 is 65.9 Å². The van der Waals surface area contributed by atoms with Gasteiger partial charge in [0.15, 0.2) is 0 Å². The summed E-state index contributed by atoms with van der Waals surface area (Å²) in [6, 6.07) is 5.46. The van der Waals surface area contributed by atoms with Crippen LogP contribution in [0.25, 0.3) is 0 Å². The highest BCUT2D eigenvalue weighted by atomic mass is 16.8. The maximum atomic E-state index is 14.2. The molecule has 0 radical (unpaired) electrons. The van der Waals surface area contributed by atoms with Crippen molar-refractivity contribution in [3.63, 3.8) is 0 Å². The summed E-state index contributed by atoms with van der Waals surface area (Å²) in [5.74, 6) is -1.30. The monoisotopic (exact) mass is 724 g/mol. The number of ether oxygens (including phenoxy) is 1. The fourth-order valence-corrected chi connectivity index (χ4v) is 7.20. The van der Waals surface area contributed by atoms with Crippen molar-refractivity contribution in [3.05, 3.63) is 54.1 Å². The molecule has 52 heavy (non-hydrogen) atoms. The molecular formula is C38H56N6O8. The minimum absolute atomic E-state index is 0.00740. The van der Waals surface area contributed by atoms with Crippen LogP contribution < -0.4 is 16.0 Å². The second-order valence-corrected chi connectivity index (χ2v) is 15.6. The lowest BCUT2D eigenvalue weighted by molar-refractivity contribution is -0.163. The number of H-pyrrole nitrogens is 1. The van der Waals surface area contributed by atoms with Gasteiger partial charge >= 0.3 is 6.16 Å². The third-order valence-electron chi connectivity index (χ3n) is 10.1. The molecule has 14 heteroatoms. The summed E-state index contributed by atoms with van der Waals surface area (Å²) in [6.45, 7) is 5.46. The molecule has 0 bridgehead atoms. The molecule has 0 spiro atoms. The summed E-state index contributed by atoms with van der Waals surface area (Å²) < 4.78 is 5.27. The average Bonchev–Trinajstić information content (AvgIpc) is 3.63. The number of benzene rings is 1. The van der Waals surface area contributed by atoms with Crippen molar-refractivity contribution in [2.45, 2.75) is 140 Å². The largest absolute Gasteiger partial charge is 0.528 e. The third-order valence-corrected chi connectivity index (χ3v) is 10.1. The maximum Gasteiger partial charge on any atom is 0.528 e. The normalized spacial score (nSPS) is 21.3. The molecule has 2 heterocycles. The number of nitrogens with one attached hydrogen (secondary N) is 4. The van der Waals surface area contributed by atoms with Gasteiger partial charge in [-0.25, -0.2) is 9.78 Å². The van der Waals surface area contributed by atoms with Gasteiger partial charge in [-0.3, -0.25) is 14.4 Å². The molecule has 0 unspecified atom stereocenters. The Morgan fingerprint density at radius 2 is 1.60 bits per heavy atom. The van der Waals surface area contributed by atoms with Crippen molar-refractivity contribution in [3.8, 4) is 0 Å². The molecule has 286 valence electrons. The van der Waals surface area contributed by atoms with Gasteiger partial charge in [-0.1, -0.05) is 62.4 Å². The number of amides is 3. The summed E-state index contributed by atoms with van der Waals surface area (Å²) >= 11 is 0. The van der Waals surface area contributed by atoms with Crippen molar-refractivity contribution in [2.24, 2.45) is 11.8 Å². The number of aromatic amines is 1. The van der Waals surface area contributed by atoms with E-state index in [4.69, 9.17) is 9.57 Å². The molecule has 3 aliphatic rings. The fourth-order valence-electron chi connectivity index (χ4n) is 7.20. The van der Waals surface area contributed by atoms with E-state index in [0.717, 1.165) is 50.5 Å². The second-order valence-electron chi connectivity index (χ2n) is 15.6. The first-order valence-corrected chi connectivity index (χ1v) is 18.8. The van der Waals surface area contributed by atoms with Gasteiger partial charge in [0.05, 0.1) is 24.2 Å². The summed E-state index contributed by atoms with van der Waals surface area (Å²) in [7, 11) is 0. The van der Waals surface area contributed by atoms with Crippen LogP contribution in [0.2, 0.25) is 0 Å². The van der Waals surface area contributed by atoms with Crippen LogP contribution in [0.15, 0.2) is 42.9 Å². The van der Waals surface area contributed by atoms with Gasteiger partial charge in [-0.05, 0) is 70.3 Å². The average molecular weight is 725 g/mol. The Morgan fingerprint density at radius 1 is 0.904 bits per heavy atom. The number of nitrogens with zero attached hydrogens (tertiary/aromatic N) is 2. The van der Waals surface area contributed by atoms with E-state index in [1.54, 1.807) is 27.0 Å². The van der Waals surface area contributed by atoms with Crippen LogP contribution in [0.4, 0.5) is 4.79 Å². The van der Waals surface area contributed by atoms with E-state index in [2.05, 4.69) is 25.9 Å². The number of hydrogen-bond donors (Lipinski definition) is 6. The third kappa shape index (κ3) is 11.8. The van der Waals surface area contributed by atoms with E-state index in [9.17, 15) is 29.4 Å². The van der Waals surface area contributed by atoms with Crippen LogP contribution in [0, 0.1) is 11.8 Å². The van der Waals surface area contributed by atoms with Crippen molar-refractivity contribution in [1.82, 2.24) is 31.0 Å². The summed E-state index contributed by atoms with van der Waals surface area (Å²) in [4.78, 5) is 67.0. The molecule has 2 saturated carbocycles. The Balaban J connectivity index is 1.32. The van der Waals surface area contributed by atoms with Gasteiger partial charge < -0.3 is 40.7 Å². The summed E-state index contributed by atoms with van der Waals surface area (Å²) in [5.41, 5.74) is 0.540. The van der Waals surface area contributed by atoms with Crippen molar-refractivity contribution in [2.75, 3.05) is 6.54 Å². The molecule has 2 aromatic rings. The van der Waals surface area contributed by atoms with E-state index in [1.165, 1.54) is 11.4 Å². The lowest BCUT2D eigenvalue weighted by atomic mass is 9.82. The van der Waals surface area contributed by atoms with Crippen molar-refractivity contribution in [1.29, 1.82) is 0 Å². The standard InChI is InChI=1S/C38H56N6O8/c1-38(2,3)51-37(50)52-44-18-10-15-31(44)36(49)43-29(20-25-13-8-5-9-14-25)34(47)42-30(21-27-22-39-23-40-27)35(48)41-28(19-24-11-6-4-7-12-24)33(46)32(45)26-16-17-26/h5,8-9,13-14,22-24,26,28-33,45-46H,4,6-7,10-12,15-21H2,1-3H3,(H,39,40)(H,41,48)(H,42,47)(H,43,49)/t28-,29-,30-,31+,32-,33+/m0/s1. The van der Waals surface area contributed by atoms with E-state index in [1.807, 2.05) is 30.3 Å². The van der Waals surface area contributed by atoms with Gasteiger partial charge in [0.1, 0.15) is 29.8 Å².